The SMILES string of the molecule is CCCC(C)CCCCC(C)=C(C)C. The topological polar surface area (TPSA) is 0 Å². The second-order valence-electron chi connectivity index (χ2n) is 4.92. The Morgan fingerprint density at radius 1 is 1.00 bits per heavy atom. The van der Waals surface area contributed by atoms with Gasteiger partial charge >= 0.3 is 0 Å². The lowest BCUT2D eigenvalue weighted by Gasteiger charge is -2.09. The van der Waals surface area contributed by atoms with Crippen LogP contribution in [0.25, 0.3) is 0 Å². The minimum Gasteiger partial charge on any atom is -0.0775 e. The van der Waals surface area contributed by atoms with Crippen molar-refractivity contribution >= 4 is 0 Å². The molecule has 0 radical (unpaired) electrons. The Labute approximate surface area is 90.8 Å². The molecule has 0 aromatic carbocycles. The highest BCUT2D eigenvalue weighted by atomic mass is 14.1. The summed E-state index contributed by atoms with van der Waals surface area (Å²) in [5.74, 6) is 0.937. The zero-order valence-electron chi connectivity index (χ0n) is 10.8. The molecule has 0 aromatic heterocycles. The van der Waals surface area contributed by atoms with Gasteiger partial charge in [-0.2, -0.15) is 0 Å². The number of allylic oxidation sites excluding steroid dienone is 2. The van der Waals surface area contributed by atoms with Crippen LogP contribution in [0.5, 0.6) is 0 Å². The summed E-state index contributed by atoms with van der Waals surface area (Å²) < 4.78 is 0. The minimum absolute atomic E-state index is 0.937. The molecule has 0 aliphatic heterocycles. The first-order valence-corrected chi connectivity index (χ1v) is 6.20. The molecule has 0 aromatic rings. The molecule has 0 amide bonds. The molecule has 0 rings (SSSR count). The fraction of sp³-hybridized carbons (Fsp3) is 0.857. The summed E-state index contributed by atoms with van der Waals surface area (Å²) in [6.45, 7) is 11.4. The van der Waals surface area contributed by atoms with Crippen LogP contribution in [0.2, 0.25) is 0 Å². The average Bonchev–Trinajstić information content (AvgIpc) is 2.12. The van der Waals surface area contributed by atoms with E-state index in [4.69, 9.17) is 0 Å². The second kappa shape index (κ2) is 8.08. The van der Waals surface area contributed by atoms with Gasteiger partial charge in [0.05, 0.1) is 0 Å². The van der Waals surface area contributed by atoms with Gasteiger partial charge in [0.25, 0.3) is 0 Å². The first kappa shape index (κ1) is 13.7. The smallest absolute Gasteiger partial charge is 0.0321 e. The van der Waals surface area contributed by atoms with Gasteiger partial charge in [0.1, 0.15) is 0 Å². The number of rotatable bonds is 7. The van der Waals surface area contributed by atoms with E-state index in [0.717, 1.165) is 5.92 Å². The normalized spacial score (nSPS) is 12.6. The van der Waals surface area contributed by atoms with Gasteiger partial charge in [-0.05, 0) is 39.5 Å². The van der Waals surface area contributed by atoms with E-state index in [9.17, 15) is 0 Å². The van der Waals surface area contributed by atoms with Crippen molar-refractivity contribution < 1.29 is 0 Å². The van der Waals surface area contributed by atoms with Gasteiger partial charge in [-0.15, -0.1) is 0 Å². The third kappa shape index (κ3) is 7.17. The van der Waals surface area contributed by atoms with Crippen LogP contribution in [0.4, 0.5) is 0 Å². The number of unbranched alkanes of at least 4 members (excludes halogenated alkanes) is 1. The maximum absolute atomic E-state index is 2.39. The van der Waals surface area contributed by atoms with Crippen molar-refractivity contribution in [2.75, 3.05) is 0 Å². The van der Waals surface area contributed by atoms with Crippen LogP contribution in [-0.4, -0.2) is 0 Å². The first-order valence-electron chi connectivity index (χ1n) is 6.20. The summed E-state index contributed by atoms with van der Waals surface area (Å²) in [6.07, 6.45) is 8.26. The van der Waals surface area contributed by atoms with Crippen LogP contribution in [0.15, 0.2) is 11.1 Å². The summed E-state index contributed by atoms with van der Waals surface area (Å²) in [4.78, 5) is 0. The Kier molecular flexibility index (Phi) is 7.93. The van der Waals surface area contributed by atoms with Crippen LogP contribution >= 0.6 is 0 Å². The summed E-state index contributed by atoms with van der Waals surface area (Å²) >= 11 is 0. The monoisotopic (exact) mass is 196 g/mol. The zero-order valence-corrected chi connectivity index (χ0v) is 10.8. The fourth-order valence-electron chi connectivity index (χ4n) is 1.77. The fourth-order valence-corrected chi connectivity index (χ4v) is 1.77. The van der Waals surface area contributed by atoms with E-state index in [2.05, 4.69) is 34.6 Å². The quantitative estimate of drug-likeness (QED) is 0.381. The summed E-state index contributed by atoms with van der Waals surface area (Å²) in [5.41, 5.74) is 3.10. The number of hydrogen-bond donors (Lipinski definition) is 0. The van der Waals surface area contributed by atoms with Gasteiger partial charge in [-0.1, -0.05) is 50.7 Å². The Hall–Kier alpha value is -0.260. The van der Waals surface area contributed by atoms with Crippen molar-refractivity contribution in [3.63, 3.8) is 0 Å². The lowest BCUT2D eigenvalue weighted by atomic mass is 9.97. The van der Waals surface area contributed by atoms with Gasteiger partial charge in [-0.3, -0.25) is 0 Å². The van der Waals surface area contributed by atoms with Gasteiger partial charge in [0.15, 0.2) is 0 Å². The van der Waals surface area contributed by atoms with E-state index in [1.165, 1.54) is 44.1 Å². The summed E-state index contributed by atoms with van der Waals surface area (Å²) in [7, 11) is 0. The van der Waals surface area contributed by atoms with Crippen molar-refractivity contribution in [1.82, 2.24) is 0 Å². The van der Waals surface area contributed by atoms with Crippen LogP contribution in [-0.2, 0) is 0 Å². The molecule has 0 bridgehead atoms. The van der Waals surface area contributed by atoms with Crippen molar-refractivity contribution in [2.24, 2.45) is 5.92 Å². The molecule has 0 aliphatic carbocycles. The van der Waals surface area contributed by atoms with Crippen molar-refractivity contribution in [3.8, 4) is 0 Å². The lowest BCUT2D eigenvalue weighted by molar-refractivity contribution is 0.460. The molecule has 0 fully saturated rings. The molecule has 84 valence electrons. The zero-order chi connectivity index (χ0) is 11.0. The molecule has 0 saturated carbocycles. The molecular formula is C14H28. The molecule has 0 aliphatic rings. The van der Waals surface area contributed by atoms with Crippen LogP contribution < -0.4 is 0 Å². The summed E-state index contributed by atoms with van der Waals surface area (Å²) in [5, 5.41) is 0. The van der Waals surface area contributed by atoms with Crippen molar-refractivity contribution in [2.45, 2.75) is 73.1 Å². The summed E-state index contributed by atoms with van der Waals surface area (Å²) in [6, 6.07) is 0. The highest BCUT2D eigenvalue weighted by Crippen LogP contribution is 2.17. The van der Waals surface area contributed by atoms with Crippen LogP contribution in [0.3, 0.4) is 0 Å². The maximum Gasteiger partial charge on any atom is -0.0321 e. The Bertz CT molecular complexity index is 161. The van der Waals surface area contributed by atoms with Gasteiger partial charge in [0, 0.05) is 0 Å². The third-order valence-electron chi connectivity index (χ3n) is 3.13. The molecular weight excluding hydrogens is 168 g/mol. The van der Waals surface area contributed by atoms with Gasteiger partial charge < -0.3 is 0 Å². The molecule has 0 heterocycles. The highest BCUT2D eigenvalue weighted by molar-refractivity contribution is 5.06. The van der Waals surface area contributed by atoms with E-state index in [-0.39, 0.29) is 0 Å². The highest BCUT2D eigenvalue weighted by Gasteiger charge is 2.00. The molecule has 0 heteroatoms. The van der Waals surface area contributed by atoms with E-state index < -0.39 is 0 Å². The maximum atomic E-state index is 2.39. The molecule has 1 unspecified atom stereocenters. The van der Waals surface area contributed by atoms with Gasteiger partial charge in [0.2, 0.25) is 0 Å². The third-order valence-corrected chi connectivity index (χ3v) is 3.13. The lowest BCUT2D eigenvalue weighted by Crippen LogP contribution is -1.93. The largest absolute Gasteiger partial charge is 0.0775 e. The number of hydrogen-bond acceptors (Lipinski definition) is 0. The van der Waals surface area contributed by atoms with Crippen LogP contribution in [0.1, 0.15) is 73.1 Å². The predicted octanol–water partition coefficient (Wildman–Crippen LogP) is 5.34. The molecule has 0 spiro atoms. The van der Waals surface area contributed by atoms with E-state index >= 15 is 0 Å². The van der Waals surface area contributed by atoms with E-state index in [1.54, 1.807) is 5.57 Å². The van der Waals surface area contributed by atoms with Gasteiger partial charge in [-0.25, -0.2) is 0 Å². The van der Waals surface area contributed by atoms with E-state index in [1.807, 2.05) is 0 Å². The second-order valence-corrected chi connectivity index (χ2v) is 4.92. The van der Waals surface area contributed by atoms with E-state index in [0.29, 0.717) is 0 Å². The average molecular weight is 196 g/mol. The molecule has 0 saturated heterocycles. The standard InChI is InChI=1S/C14H28/c1-6-9-13(4)10-7-8-11-14(5)12(2)3/h13H,6-11H2,1-5H3. The Morgan fingerprint density at radius 3 is 2.14 bits per heavy atom. The molecule has 0 N–H and O–H groups in total. The predicted molar refractivity (Wildman–Crippen MR) is 66.6 cm³/mol. The Morgan fingerprint density at radius 2 is 1.64 bits per heavy atom. The van der Waals surface area contributed by atoms with Crippen molar-refractivity contribution in [1.29, 1.82) is 0 Å². The molecule has 14 heavy (non-hydrogen) atoms. The minimum atomic E-state index is 0.937. The first-order chi connectivity index (χ1) is 6.57. The van der Waals surface area contributed by atoms with Crippen molar-refractivity contribution in [3.05, 3.63) is 11.1 Å². The molecule has 1 atom stereocenters. The molecule has 0 nitrogen and oxygen atoms in total. The van der Waals surface area contributed by atoms with Crippen LogP contribution in [0, 0.1) is 5.92 Å². The Balaban J connectivity index is 3.42.